The van der Waals surface area contributed by atoms with E-state index in [1.165, 1.54) is 24.4 Å². The molecule has 0 amide bonds. The van der Waals surface area contributed by atoms with Crippen molar-refractivity contribution in [3.63, 3.8) is 0 Å². The number of thiocarbonyl (C=S) groups is 1. The molecule has 0 aliphatic rings. The second-order valence-corrected chi connectivity index (χ2v) is 3.29. The van der Waals surface area contributed by atoms with Gasteiger partial charge in [-0.2, -0.15) is 5.10 Å². The Kier molecular flexibility index (Phi) is 4.27. The number of hydrogen-bond donors (Lipinski definition) is 2. The molecular weight excluding hydrogens is 255 g/mol. The SMILES string of the molecule is NC(=S)NN=Cc1cccc(OC(F)(F)F)c1. The van der Waals surface area contributed by atoms with Crippen LogP contribution in [0.4, 0.5) is 13.2 Å². The Morgan fingerprint density at radius 2 is 2.18 bits per heavy atom. The van der Waals surface area contributed by atoms with E-state index in [-0.39, 0.29) is 10.9 Å². The first kappa shape index (κ1) is 13.2. The van der Waals surface area contributed by atoms with Gasteiger partial charge in [-0.3, -0.25) is 5.43 Å². The normalized spacial score (nSPS) is 11.5. The summed E-state index contributed by atoms with van der Waals surface area (Å²) >= 11 is 4.49. The second kappa shape index (κ2) is 5.48. The van der Waals surface area contributed by atoms with E-state index in [4.69, 9.17) is 5.73 Å². The molecule has 0 aromatic heterocycles. The van der Waals surface area contributed by atoms with Gasteiger partial charge in [0.1, 0.15) is 5.75 Å². The van der Waals surface area contributed by atoms with Gasteiger partial charge in [0.2, 0.25) is 0 Å². The number of halogens is 3. The molecule has 1 rings (SSSR count). The summed E-state index contributed by atoms with van der Waals surface area (Å²) in [5.41, 5.74) is 7.79. The molecule has 4 nitrogen and oxygen atoms in total. The number of rotatable bonds is 3. The number of alkyl halides is 3. The zero-order valence-electron chi connectivity index (χ0n) is 8.36. The molecule has 0 spiro atoms. The van der Waals surface area contributed by atoms with Crippen LogP contribution < -0.4 is 15.9 Å². The van der Waals surface area contributed by atoms with E-state index in [0.717, 1.165) is 0 Å². The molecule has 0 atom stereocenters. The first-order valence-electron chi connectivity index (χ1n) is 4.31. The van der Waals surface area contributed by atoms with Crippen LogP contribution in [0.5, 0.6) is 5.75 Å². The molecule has 92 valence electrons. The Labute approximate surface area is 100 Å². The minimum Gasteiger partial charge on any atom is -0.406 e. The number of hydrazone groups is 1. The van der Waals surface area contributed by atoms with E-state index >= 15 is 0 Å². The van der Waals surface area contributed by atoms with Crippen LogP contribution in [0.2, 0.25) is 0 Å². The van der Waals surface area contributed by atoms with E-state index in [1.807, 2.05) is 0 Å². The highest BCUT2D eigenvalue weighted by Crippen LogP contribution is 2.22. The number of nitrogens with two attached hydrogens (primary N) is 1. The molecule has 0 aliphatic carbocycles. The van der Waals surface area contributed by atoms with Gasteiger partial charge in [-0.25, -0.2) is 0 Å². The van der Waals surface area contributed by atoms with Gasteiger partial charge >= 0.3 is 6.36 Å². The number of hydrogen-bond acceptors (Lipinski definition) is 3. The largest absolute Gasteiger partial charge is 0.573 e. The second-order valence-electron chi connectivity index (χ2n) is 2.85. The van der Waals surface area contributed by atoms with Crippen molar-refractivity contribution in [2.45, 2.75) is 6.36 Å². The molecule has 0 aliphatic heterocycles. The lowest BCUT2D eigenvalue weighted by molar-refractivity contribution is -0.274. The number of benzene rings is 1. The predicted octanol–water partition coefficient (Wildman–Crippen LogP) is 1.75. The van der Waals surface area contributed by atoms with Gasteiger partial charge in [-0.05, 0) is 29.9 Å². The lowest BCUT2D eigenvalue weighted by atomic mass is 10.2. The molecule has 0 fully saturated rings. The molecule has 0 radical (unpaired) electrons. The topological polar surface area (TPSA) is 59.6 Å². The molecule has 0 heterocycles. The highest BCUT2D eigenvalue weighted by Gasteiger charge is 2.30. The van der Waals surface area contributed by atoms with Crippen LogP contribution in [-0.2, 0) is 0 Å². The number of ether oxygens (including phenoxy) is 1. The van der Waals surface area contributed by atoms with Crippen molar-refractivity contribution in [2.24, 2.45) is 10.8 Å². The Morgan fingerprint density at radius 3 is 2.76 bits per heavy atom. The molecule has 0 saturated heterocycles. The minimum atomic E-state index is -4.72. The summed E-state index contributed by atoms with van der Waals surface area (Å²) in [7, 11) is 0. The molecule has 3 N–H and O–H groups in total. The summed E-state index contributed by atoms with van der Waals surface area (Å²) in [4.78, 5) is 0. The molecule has 8 heteroatoms. The van der Waals surface area contributed by atoms with Crippen LogP contribution in [0.25, 0.3) is 0 Å². The Balaban J connectivity index is 2.72. The van der Waals surface area contributed by atoms with E-state index in [0.29, 0.717) is 5.56 Å². The molecule has 1 aromatic rings. The smallest absolute Gasteiger partial charge is 0.406 e. The fourth-order valence-electron chi connectivity index (χ4n) is 0.962. The van der Waals surface area contributed by atoms with Crippen molar-refractivity contribution < 1.29 is 17.9 Å². The quantitative estimate of drug-likeness (QED) is 0.495. The van der Waals surface area contributed by atoms with E-state index in [9.17, 15) is 13.2 Å². The maximum atomic E-state index is 11.9. The van der Waals surface area contributed by atoms with Crippen LogP contribution in [0.15, 0.2) is 29.4 Å². The van der Waals surface area contributed by atoms with Gasteiger partial charge < -0.3 is 10.5 Å². The molecule has 0 saturated carbocycles. The van der Waals surface area contributed by atoms with Crippen molar-refractivity contribution in [3.05, 3.63) is 29.8 Å². The minimum absolute atomic E-state index is 0.0380. The first-order chi connectivity index (χ1) is 7.87. The van der Waals surface area contributed by atoms with Crippen molar-refractivity contribution in [1.82, 2.24) is 5.43 Å². The molecule has 0 unspecified atom stereocenters. The average molecular weight is 263 g/mol. The van der Waals surface area contributed by atoms with Crippen molar-refractivity contribution in [1.29, 1.82) is 0 Å². The first-order valence-corrected chi connectivity index (χ1v) is 4.72. The van der Waals surface area contributed by atoms with Crippen molar-refractivity contribution in [3.8, 4) is 5.75 Å². The molecular formula is C9H8F3N3OS. The fourth-order valence-corrected chi connectivity index (χ4v) is 1.02. The molecule has 0 bridgehead atoms. The van der Waals surface area contributed by atoms with Crippen LogP contribution in [0.3, 0.4) is 0 Å². The maximum Gasteiger partial charge on any atom is 0.573 e. The Hall–Kier alpha value is -1.83. The Morgan fingerprint density at radius 1 is 1.47 bits per heavy atom. The van der Waals surface area contributed by atoms with Crippen LogP contribution in [-0.4, -0.2) is 17.7 Å². The lowest BCUT2D eigenvalue weighted by Crippen LogP contribution is -2.24. The molecule has 17 heavy (non-hydrogen) atoms. The van der Waals surface area contributed by atoms with Crippen molar-refractivity contribution in [2.75, 3.05) is 0 Å². The van der Waals surface area contributed by atoms with Gasteiger partial charge in [0.05, 0.1) is 6.21 Å². The summed E-state index contributed by atoms with van der Waals surface area (Å²) in [5.74, 6) is -0.322. The van der Waals surface area contributed by atoms with Gasteiger partial charge in [0.15, 0.2) is 5.11 Å². The van der Waals surface area contributed by atoms with Crippen LogP contribution >= 0.6 is 12.2 Å². The number of nitrogens with zero attached hydrogens (tertiary/aromatic N) is 1. The van der Waals surface area contributed by atoms with Crippen LogP contribution in [0, 0.1) is 0 Å². The summed E-state index contributed by atoms with van der Waals surface area (Å²) in [6.45, 7) is 0. The average Bonchev–Trinajstić information content (AvgIpc) is 2.14. The summed E-state index contributed by atoms with van der Waals surface area (Å²) in [6, 6.07) is 5.32. The lowest BCUT2D eigenvalue weighted by Gasteiger charge is -2.08. The van der Waals surface area contributed by atoms with E-state index < -0.39 is 6.36 Å². The zero-order chi connectivity index (χ0) is 12.9. The monoisotopic (exact) mass is 263 g/mol. The predicted molar refractivity (Wildman–Crippen MR) is 60.6 cm³/mol. The van der Waals surface area contributed by atoms with Gasteiger partial charge in [0.25, 0.3) is 0 Å². The Bertz CT molecular complexity index is 434. The highest BCUT2D eigenvalue weighted by molar-refractivity contribution is 7.80. The van der Waals surface area contributed by atoms with Gasteiger partial charge in [0, 0.05) is 0 Å². The maximum absolute atomic E-state index is 11.9. The third kappa shape index (κ3) is 5.71. The van der Waals surface area contributed by atoms with Gasteiger partial charge in [-0.1, -0.05) is 12.1 Å². The number of nitrogens with one attached hydrogen (secondary N) is 1. The summed E-state index contributed by atoms with van der Waals surface area (Å²) < 4.78 is 39.5. The van der Waals surface area contributed by atoms with E-state index in [2.05, 4.69) is 27.5 Å². The standard InChI is InChI=1S/C9H8F3N3OS/c10-9(11,12)16-7-3-1-2-6(4-7)5-14-15-8(13)17/h1-5H,(H3,13,15,17). The third-order valence-corrected chi connectivity index (χ3v) is 1.57. The van der Waals surface area contributed by atoms with Gasteiger partial charge in [-0.15, -0.1) is 13.2 Å². The third-order valence-electron chi connectivity index (χ3n) is 1.48. The van der Waals surface area contributed by atoms with Crippen LogP contribution in [0.1, 0.15) is 5.56 Å². The fraction of sp³-hybridized carbons (Fsp3) is 0.111. The summed E-state index contributed by atoms with van der Waals surface area (Å²) in [5, 5.41) is 3.56. The summed E-state index contributed by atoms with van der Waals surface area (Å²) in [6.07, 6.45) is -3.45. The van der Waals surface area contributed by atoms with Crippen molar-refractivity contribution >= 4 is 23.5 Å². The highest BCUT2D eigenvalue weighted by atomic mass is 32.1. The zero-order valence-corrected chi connectivity index (χ0v) is 9.18. The molecule has 1 aromatic carbocycles. The van der Waals surface area contributed by atoms with E-state index in [1.54, 1.807) is 6.07 Å².